The van der Waals surface area contributed by atoms with Gasteiger partial charge in [0.1, 0.15) is 0 Å². The molecule has 1 heterocycles. The summed E-state index contributed by atoms with van der Waals surface area (Å²) in [4.78, 5) is 7.23. The Hall–Kier alpha value is -1.13. The molecular formula is C17H27N3S. The predicted molar refractivity (Wildman–Crippen MR) is 94.4 cm³/mol. The van der Waals surface area contributed by atoms with Crippen LogP contribution in [0, 0.1) is 6.92 Å². The van der Waals surface area contributed by atoms with Crippen molar-refractivity contribution < 1.29 is 0 Å². The lowest BCUT2D eigenvalue weighted by Crippen LogP contribution is -2.27. The van der Waals surface area contributed by atoms with E-state index in [-0.39, 0.29) is 0 Å². The lowest BCUT2D eigenvalue weighted by molar-refractivity contribution is 0.633. The third-order valence-corrected chi connectivity index (χ3v) is 4.80. The van der Waals surface area contributed by atoms with E-state index in [0.717, 1.165) is 36.7 Å². The van der Waals surface area contributed by atoms with Gasteiger partial charge in [-0.05, 0) is 44.0 Å². The zero-order chi connectivity index (χ0) is 15.1. The largest absolute Gasteiger partial charge is 0.348 e. The minimum atomic E-state index is 0.745. The Morgan fingerprint density at radius 2 is 1.95 bits per heavy atom. The number of nitrogens with two attached hydrogens (primary N) is 1. The van der Waals surface area contributed by atoms with Gasteiger partial charge in [0.25, 0.3) is 0 Å². The van der Waals surface area contributed by atoms with Gasteiger partial charge in [0.05, 0.1) is 10.2 Å². The number of unbranched alkanes of at least 4 members (excludes halogenated alkanes) is 3. The van der Waals surface area contributed by atoms with Crippen LogP contribution in [-0.2, 0) is 0 Å². The van der Waals surface area contributed by atoms with Gasteiger partial charge in [-0.1, -0.05) is 43.6 Å². The third kappa shape index (κ3) is 4.68. The molecule has 2 N–H and O–H groups in total. The second-order valence-electron chi connectivity index (χ2n) is 5.66. The maximum atomic E-state index is 5.68. The minimum Gasteiger partial charge on any atom is -0.348 e. The number of fused-ring (bicyclic) bond motifs is 1. The monoisotopic (exact) mass is 305 g/mol. The number of aromatic nitrogens is 1. The molecule has 0 fully saturated rings. The van der Waals surface area contributed by atoms with Gasteiger partial charge in [-0.3, -0.25) is 0 Å². The molecule has 0 aliphatic rings. The smallest absolute Gasteiger partial charge is 0.186 e. The zero-order valence-corrected chi connectivity index (χ0v) is 14.1. The first kappa shape index (κ1) is 16.2. The number of benzene rings is 1. The number of thiazole rings is 1. The number of nitrogens with zero attached hydrogens (tertiary/aromatic N) is 2. The zero-order valence-electron chi connectivity index (χ0n) is 13.3. The van der Waals surface area contributed by atoms with E-state index >= 15 is 0 Å². The van der Waals surface area contributed by atoms with Crippen LogP contribution in [0.15, 0.2) is 18.2 Å². The summed E-state index contributed by atoms with van der Waals surface area (Å²) >= 11 is 1.81. The molecule has 0 aliphatic carbocycles. The van der Waals surface area contributed by atoms with Crippen molar-refractivity contribution in [2.24, 2.45) is 5.73 Å². The Morgan fingerprint density at radius 1 is 1.14 bits per heavy atom. The molecule has 0 amide bonds. The molecule has 1 aromatic heterocycles. The van der Waals surface area contributed by atoms with Crippen LogP contribution in [0.3, 0.4) is 0 Å². The Kier molecular flexibility index (Phi) is 6.46. The van der Waals surface area contributed by atoms with Crippen LogP contribution in [0.1, 0.15) is 44.6 Å². The number of aryl methyl sites for hydroxylation is 1. The van der Waals surface area contributed by atoms with E-state index in [1.54, 1.807) is 0 Å². The minimum absolute atomic E-state index is 0.745. The molecular weight excluding hydrogens is 278 g/mol. The molecule has 0 atom stereocenters. The first-order valence-electron chi connectivity index (χ1n) is 8.06. The first-order chi connectivity index (χ1) is 10.2. The maximum absolute atomic E-state index is 5.68. The van der Waals surface area contributed by atoms with Crippen molar-refractivity contribution >= 4 is 26.7 Å². The molecule has 0 radical (unpaired) electrons. The molecule has 0 unspecified atom stereocenters. The van der Waals surface area contributed by atoms with Crippen molar-refractivity contribution in [2.75, 3.05) is 24.5 Å². The van der Waals surface area contributed by atoms with Crippen LogP contribution in [-0.4, -0.2) is 24.6 Å². The van der Waals surface area contributed by atoms with Crippen molar-refractivity contribution in [2.45, 2.75) is 46.0 Å². The summed E-state index contributed by atoms with van der Waals surface area (Å²) in [6.45, 7) is 7.24. The lowest BCUT2D eigenvalue weighted by atomic mass is 10.2. The van der Waals surface area contributed by atoms with Gasteiger partial charge >= 0.3 is 0 Å². The number of anilines is 1. The van der Waals surface area contributed by atoms with Gasteiger partial charge in [0.15, 0.2) is 5.13 Å². The average molecular weight is 305 g/mol. The SMILES string of the molecule is CCCCCCN(CCCN)c1nc2ccc(C)cc2s1. The molecule has 0 aliphatic heterocycles. The molecule has 21 heavy (non-hydrogen) atoms. The van der Waals surface area contributed by atoms with Crippen LogP contribution in [0.2, 0.25) is 0 Å². The fourth-order valence-electron chi connectivity index (χ4n) is 2.47. The summed E-state index contributed by atoms with van der Waals surface area (Å²) in [5.41, 5.74) is 8.10. The summed E-state index contributed by atoms with van der Waals surface area (Å²) in [5.74, 6) is 0. The van der Waals surface area contributed by atoms with Crippen LogP contribution in [0.4, 0.5) is 5.13 Å². The van der Waals surface area contributed by atoms with Gasteiger partial charge in [-0.15, -0.1) is 0 Å². The van der Waals surface area contributed by atoms with Crippen molar-refractivity contribution in [1.82, 2.24) is 4.98 Å². The normalized spacial score (nSPS) is 11.2. The average Bonchev–Trinajstić information content (AvgIpc) is 2.89. The van der Waals surface area contributed by atoms with Gasteiger partial charge in [0, 0.05) is 13.1 Å². The quantitative estimate of drug-likeness (QED) is 0.701. The highest BCUT2D eigenvalue weighted by Crippen LogP contribution is 2.29. The van der Waals surface area contributed by atoms with Gasteiger partial charge in [0.2, 0.25) is 0 Å². The number of rotatable bonds is 9. The van der Waals surface area contributed by atoms with Crippen LogP contribution in [0.25, 0.3) is 10.2 Å². The molecule has 0 spiro atoms. The van der Waals surface area contributed by atoms with Gasteiger partial charge in [-0.25, -0.2) is 4.98 Å². The molecule has 0 saturated heterocycles. The maximum Gasteiger partial charge on any atom is 0.186 e. The first-order valence-corrected chi connectivity index (χ1v) is 8.88. The van der Waals surface area contributed by atoms with Gasteiger partial charge in [-0.2, -0.15) is 0 Å². The third-order valence-electron chi connectivity index (χ3n) is 3.72. The predicted octanol–water partition coefficient (Wildman–Crippen LogP) is 4.34. The molecule has 116 valence electrons. The van der Waals surface area contributed by atoms with Crippen molar-refractivity contribution in [3.8, 4) is 0 Å². The Bertz CT molecular complexity index is 550. The summed E-state index contributed by atoms with van der Waals surface area (Å²) < 4.78 is 1.29. The van der Waals surface area contributed by atoms with Crippen molar-refractivity contribution in [3.63, 3.8) is 0 Å². The van der Waals surface area contributed by atoms with E-state index in [4.69, 9.17) is 10.7 Å². The van der Waals surface area contributed by atoms with E-state index in [9.17, 15) is 0 Å². The van der Waals surface area contributed by atoms with E-state index < -0.39 is 0 Å². The molecule has 0 bridgehead atoms. The fraction of sp³-hybridized carbons (Fsp3) is 0.588. The van der Waals surface area contributed by atoms with Crippen molar-refractivity contribution in [1.29, 1.82) is 0 Å². The number of hydrogen-bond acceptors (Lipinski definition) is 4. The van der Waals surface area contributed by atoms with E-state index in [1.807, 2.05) is 11.3 Å². The molecule has 2 aromatic rings. The lowest BCUT2D eigenvalue weighted by Gasteiger charge is -2.21. The summed E-state index contributed by atoms with van der Waals surface area (Å²) in [5, 5.41) is 1.15. The summed E-state index contributed by atoms with van der Waals surface area (Å²) in [7, 11) is 0. The fourth-order valence-corrected chi connectivity index (χ4v) is 3.59. The second-order valence-corrected chi connectivity index (χ2v) is 6.67. The van der Waals surface area contributed by atoms with Crippen molar-refractivity contribution in [3.05, 3.63) is 23.8 Å². The topological polar surface area (TPSA) is 42.1 Å². The van der Waals surface area contributed by atoms with E-state index in [2.05, 4.69) is 36.9 Å². The van der Waals surface area contributed by atoms with E-state index in [1.165, 1.54) is 35.9 Å². The summed E-state index contributed by atoms with van der Waals surface area (Å²) in [6, 6.07) is 6.49. The highest BCUT2D eigenvalue weighted by molar-refractivity contribution is 7.22. The highest BCUT2D eigenvalue weighted by Gasteiger charge is 2.11. The Balaban J connectivity index is 2.09. The Labute approximate surface area is 132 Å². The van der Waals surface area contributed by atoms with E-state index in [0.29, 0.717) is 0 Å². The molecule has 1 aromatic carbocycles. The second kappa shape index (κ2) is 8.35. The number of hydrogen-bond donors (Lipinski definition) is 1. The molecule has 0 saturated carbocycles. The molecule has 3 nitrogen and oxygen atoms in total. The molecule has 4 heteroatoms. The summed E-state index contributed by atoms with van der Waals surface area (Å²) in [6.07, 6.45) is 6.18. The van der Waals surface area contributed by atoms with Crippen LogP contribution < -0.4 is 10.6 Å². The van der Waals surface area contributed by atoms with Gasteiger partial charge < -0.3 is 10.6 Å². The van der Waals surface area contributed by atoms with Crippen LogP contribution >= 0.6 is 11.3 Å². The standard InChI is InChI=1S/C17H27N3S/c1-3-4-5-6-11-20(12-7-10-18)17-19-15-9-8-14(2)13-16(15)21-17/h8-9,13H,3-7,10-12,18H2,1-2H3. The Morgan fingerprint density at radius 3 is 2.71 bits per heavy atom. The highest BCUT2D eigenvalue weighted by atomic mass is 32.1. The van der Waals surface area contributed by atoms with Crippen LogP contribution in [0.5, 0.6) is 0 Å². The molecule has 2 rings (SSSR count).